The van der Waals surface area contributed by atoms with Crippen molar-refractivity contribution in [2.24, 2.45) is 5.41 Å². The van der Waals surface area contributed by atoms with Crippen LogP contribution in [0.3, 0.4) is 0 Å². The summed E-state index contributed by atoms with van der Waals surface area (Å²) in [6.07, 6.45) is 1.71. The number of esters is 1. The van der Waals surface area contributed by atoms with Gasteiger partial charge in [-0.2, -0.15) is 0 Å². The zero-order chi connectivity index (χ0) is 13.4. The van der Waals surface area contributed by atoms with Crippen LogP contribution in [0.1, 0.15) is 34.1 Å². The Hall–Kier alpha value is -0.126. The summed E-state index contributed by atoms with van der Waals surface area (Å²) in [6.45, 7) is 6.74. The van der Waals surface area contributed by atoms with E-state index in [0.29, 0.717) is 0 Å². The molecule has 1 unspecified atom stereocenters. The van der Waals surface area contributed by atoms with Gasteiger partial charge < -0.3 is 20.1 Å². The molecule has 0 heterocycles. The Labute approximate surface area is 128 Å². The van der Waals surface area contributed by atoms with Crippen LogP contribution in [0, 0.1) is 5.41 Å². The number of hydrogen-bond donors (Lipinski definition) is 0. The van der Waals surface area contributed by atoms with Crippen LogP contribution in [-0.4, -0.2) is 31.2 Å². The van der Waals surface area contributed by atoms with Crippen LogP contribution >= 0.6 is 0 Å². The molecule has 1 atom stereocenters. The Bertz CT molecular complexity index is 248. The predicted molar refractivity (Wildman–Crippen MR) is 60.6 cm³/mol. The summed E-state index contributed by atoms with van der Waals surface area (Å²) >= 11 is 0. The molecule has 0 aliphatic carbocycles. The van der Waals surface area contributed by atoms with Gasteiger partial charge in [-0.25, -0.2) is 0 Å². The van der Waals surface area contributed by atoms with Crippen LogP contribution < -0.4 is 0 Å². The van der Waals surface area contributed by atoms with Crippen LogP contribution in [0.25, 0.3) is 5.73 Å². The summed E-state index contributed by atoms with van der Waals surface area (Å²) in [7, 11) is 1.23. The minimum atomic E-state index is -0.965. The van der Waals surface area contributed by atoms with E-state index < -0.39 is 12.0 Å². The van der Waals surface area contributed by atoms with Crippen LogP contribution in [-0.2, 0) is 51.8 Å². The number of ketones is 1. The van der Waals surface area contributed by atoms with E-state index in [0.717, 1.165) is 0 Å². The molecule has 0 saturated carbocycles. The first-order chi connectivity index (χ1) is 7.14. The van der Waals surface area contributed by atoms with Crippen molar-refractivity contribution >= 4 is 18.0 Å². The zero-order valence-electron chi connectivity index (χ0n) is 11.0. The molecular formula is C11H19NO4Y+. The number of rotatable bonds is 3. The van der Waals surface area contributed by atoms with E-state index in [4.69, 9.17) is 5.73 Å². The minimum absolute atomic E-state index is 0. The first kappa shape index (κ1) is 22.1. The maximum Gasteiger partial charge on any atom is 3.00 e. The Balaban J connectivity index is -0.000000244. The standard InChI is InChI=1S/C6H10NO3.C5H9O.Y/c1-4(8)5(7)3-6(9)10-2;1-5(2,3)4-6;/h5,7H,3H2,1-2H3;1-3H3;/q2*-1;+3. The third kappa shape index (κ3) is 18.4. The van der Waals surface area contributed by atoms with E-state index in [9.17, 15) is 14.4 Å². The van der Waals surface area contributed by atoms with Crippen LogP contribution in [0.2, 0.25) is 0 Å². The van der Waals surface area contributed by atoms with Gasteiger partial charge >= 0.3 is 38.7 Å². The molecule has 0 aromatic heterocycles. The predicted octanol–water partition coefficient (Wildman–Crippen LogP) is 1.70. The molecule has 0 aliphatic heterocycles. The van der Waals surface area contributed by atoms with Gasteiger partial charge in [-0.3, -0.25) is 11.1 Å². The molecule has 6 heteroatoms. The fraction of sp³-hybridized carbons (Fsp3) is 0.727. The van der Waals surface area contributed by atoms with E-state index in [-0.39, 0.29) is 50.3 Å². The normalized spacial score (nSPS) is 11.2. The quantitative estimate of drug-likeness (QED) is 0.585. The Kier molecular flexibility index (Phi) is 14.3. The second-order valence-corrected chi connectivity index (χ2v) is 4.30. The van der Waals surface area contributed by atoms with Crippen molar-refractivity contribution in [3.8, 4) is 0 Å². The van der Waals surface area contributed by atoms with Crippen molar-refractivity contribution in [3.05, 3.63) is 5.73 Å². The molecule has 0 radical (unpaired) electrons. The van der Waals surface area contributed by atoms with Gasteiger partial charge in [0.25, 0.3) is 0 Å². The van der Waals surface area contributed by atoms with Crippen molar-refractivity contribution in [2.45, 2.75) is 40.2 Å². The smallest absolute Gasteiger partial charge is 0.668 e. The number of hydrogen-bond acceptors (Lipinski definition) is 4. The SMILES string of the molecule is CC(C)(C)[C-]=O.COC(=O)CC([NH-])C(C)=O.[Y+3]. The van der Waals surface area contributed by atoms with E-state index >= 15 is 0 Å². The number of nitrogens with one attached hydrogen (secondary N) is 1. The molecule has 0 aromatic carbocycles. The van der Waals surface area contributed by atoms with Gasteiger partial charge in [0.1, 0.15) is 5.78 Å². The number of Topliss-reactive ketones (excluding diaryl/α,β-unsaturated/α-hetero) is 1. The van der Waals surface area contributed by atoms with E-state index in [1.807, 2.05) is 27.1 Å². The average Bonchev–Trinajstić information content (AvgIpc) is 2.17. The van der Waals surface area contributed by atoms with Gasteiger partial charge in [0.2, 0.25) is 0 Å². The first-order valence-electron chi connectivity index (χ1n) is 4.81. The Morgan fingerprint density at radius 3 is 1.88 bits per heavy atom. The Morgan fingerprint density at radius 2 is 1.71 bits per heavy atom. The third-order valence-electron chi connectivity index (χ3n) is 1.40. The molecule has 17 heavy (non-hydrogen) atoms. The maximum atomic E-state index is 10.4. The molecular weight excluding hydrogens is 299 g/mol. The summed E-state index contributed by atoms with van der Waals surface area (Å²) < 4.78 is 4.26. The Morgan fingerprint density at radius 1 is 1.35 bits per heavy atom. The van der Waals surface area contributed by atoms with E-state index in [2.05, 4.69) is 4.74 Å². The first-order valence-corrected chi connectivity index (χ1v) is 4.81. The fourth-order valence-corrected chi connectivity index (χ4v) is 0.394. The summed E-state index contributed by atoms with van der Waals surface area (Å²) in [6, 6.07) is -0.965. The largest absolute Gasteiger partial charge is 3.00 e. The minimum Gasteiger partial charge on any atom is -0.668 e. The molecule has 0 saturated heterocycles. The fourth-order valence-electron chi connectivity index (χ4n) is 0.394. The molecule has 0 rings (SSSR count). The van der Waals surface area contributed by atoms with Crippen LogP contribution in [0.15, 0.2) is 0 Å². The number of ether oxygens (including phenoxy) is 1. The molecule has 94 valence electrons. The molecule has 0 fully saturated rings. The van der Waals surface area contributed by atoms with Crippen molar-refractivity contribution in [1.29, 1.82) is 0 Å². The zero-order valence-corrected chi connectivity index (χ0v) is 13.8. The van der Waals surface area contributed by atoms with Crippen LogP contribution in [0.4, 0.5) is 0 Å². The van der Waals surface area contributed by atoms with E-state index in [1.165, 1.54) is 14.0 Å². The molecule has 0 bridgehead atoms. The number of methoxy groups -OCH3 is 1. The van der Waals surface area contributed by atoms with Gasteiger partial charge in [0.05, 0.1) is 7.11 Å². The monoisotopic (exact) mass is 318 g/mol. The molecule has 0 aliphatic rings. The van der Waals surface area contributed by atoms with Gasteiger partial charge in [-0.05, 0) is 6.92 Å². The summed E-state index contributed by atoms with van der Waals surface area (Å²) in [5.74, 6) is -0.833. The van der Waals surface area contributed by atoms with Gasteiger partial charge in [0.15, 0.2) is 0 Å². The second kappa shape index (κ2) is 11.0. The molecule has 0 amide bonds. The van der Waals surface area contributed by atoms with Gasteiger partial charge in [-0.15, -0.1) is 5.41 Å². The molecule has 1 N–H and O–H groups in total. The number of carbonyl (C=O) groups excluding carboxylic acids is 3. The van der Waals surface area contributed by atoms with Crippen LogP contribution in [0.5, 0.6) is 0 Å². The number of carbonyl (C=O) groups is 2. The van der Waals surface area contributed by atoms with Crippen molar-refractivity contribution < 1.29 is 51.8 Å². The molecule has 0 aromatic rings. The summed E-state index contributed by atoms with van der Waals surface area (Å²) in [5, 5.41) is 0. The molecule has 0 spiro atoms. The summed E-state index contributed by atoms with van der Waals surface area (Å²) in [4.78, 5) is 30.5. The van der Waals surface area contributed by atoms with Gasteiger partial charge in [-0.1, -0.05) is 26.8 Å². The van der Waals surface area contributed by atoms with E-state index in [1.54, 1.807) is 0 Å². The topological polar surface area (TPSA) is 84.2 Å². The van der Waals surface area contributed by atoms with Crippen molar-refractivity contribution in [1.82, 2.24) is 0 Å². The second-order valence-electron chi connectivity index (χ2n) is 4.30. The van der Waals surface area contributed by atoms with Gasteiger partial charge in [0, 0.05) is 6.42 Å². The maximum absolute atomic E-state index is 10.4. The molecule has 5 nitrogen and oxygen atoms in total. The summed E-state index contributed by atoms with van der Waals surface area (Å²) in [5.41, 5.74) is 6.75. The average molecular weight is 318 g/mol. The third-order valence-corrected chi connectivity index (χ3v) is 1.40. The van der Waals surface area contributed by atoms with Crippen molar-refractivity contribution in [3.63, 3.8) is 0 Å². The van der Waals surface area contributed by atoms with Crippen molar-refractivity contribution in [2.75, 3.05) is 7.11 Å².